The van der Waals surface area contributed by atoms with E-state index in [4.69, 9.17) is 0 Å². The standard InChI is InChI=1S/C12H9N5O/c1-17-12(18)10-9(7-13-17)15-16-11(14-10)8-5-3-2-4-6-8/h2-7H,1H3. The van der Waals surface area contributed by atoms with E-state index in [1.165, 1.54) is 10.9 Å². The molecule has 0 saturated carbocycles. The minimum absolute atomic E-state index is 0.278. The lowest BCUT2D eigenvalue weighted by Crippen LogP contribution is -2.20. The topological polar surface area (TPSA) is 73.6 Å². The first kappa shape index (κ1) is 10.5. The Balaban J connectivity index is 2.29. The van der Waals surface area contributed by atoms with Gasteiger partial charge < -0.3 is 0 Å². The first-order chi connectivity index (χ1) is 8.75. The second-order valence-corrected chi connectivity index (χ2v) is 3.81. The minimum Gasteiger partial charge on any atom is -0.265 e. The lowest BCUT2D eigenvalue weighted by atomic mass is 10.2. The van der Waals surface area contributed by atoms with Crippen LogP contribution in [-0.4, -0.2) is 25.0 Å². The van der Waals surface area contributed by atoms with E-state index < -0.39 is 0 Å². The Morgan fingerprint density at radius 2 is 1.89 bits per heavy atom. The van der Waals surface area contributed by atoms with E-state index in [0.29, 0.717) is 11.3 Å². The van der Waals surface area contributed by atoms with Crippen LogP contribution >= 0.6 is 0 Å². The maximum absolute atomic E-state index is 11.9. The lowest BCUT2D eigenvalue weighted by molar-refractivity contribution is 0.713. The van der Waals surface area contributed by atoms with E-state index in [0.717, 1.165) is 5.56 Å². The summed E-state index contributed by atoms with van der Waals surface area (Å²) in [6.45, 7) is 0. The summed E-state index contributed by atoms with van der Waals surface area (Å²) in [5.74, 6) is 0.436. The van der Waals surface area contributed by atoms with Crippen LogP contribution < -0.4 is 5.56 Å². The number of benzene rings is 1. The fraction of sp³-hybridized carbons (Fsp3) is 0.0833. The summed E-state index contributed by atoms with van der Waals surface area (Å²) in [4.78, 5) is 16.1. The molecule has 2 aromatic heterocycles. The van der Waals surface area contributed by atoms with E-state index in [1.54, 1.807) is 7.05 Å². The molecule has 6 heteroatoms. The van der Waals surface area contributed by atoms with Crippen LogP contribution in [0.5, 0.6) is 0 Å². The maximum atomic E-state index is 11.9. The second kappa shape index (κ2) is 3.99. The van der Waals surface area contributed by atoms with Gasteiger partial charge in [-0.25, -0.2) is 9.67 Å². The molecule has 1 aromatic carbocycles. The highest BCUT2D eigenvalue weighted by atomic mass is 16.1. The van der Waals surface area contributed by atoms with Crippen molar-refractivity contribution in [1.29, 1.82) is 0 Å². The third kappa shape index (κ3) is 1.64. The largest absolute Gasteiger partial charge is 0.294 e. The fourth-order valence-corrected chi connectivity index (χ4v) is 1.63. The molecular weight excluding hydrogens is 230 g/mol. The van der Waals surface area contributed by atoms with E-state index >= 15 is 0 Å². The van der Waals surface area contributed by atoms with Gasteiger partial charge >= 0.3 is 0 Å². The molecule has 0 spiro atoms. The Labute approximate surface area is 102 Å². The molecule has 6 nitrogen and oxygen atoms in total. The van der Waals surface area contributed by atoms with Gasteiger partial charge in [0.05, 0.1) is 6.20 Å². The number of rotatable bonds is 1. The molecule has 88 valence electrons. The van der Waals surface area contributed by atoms with Gasteiger partial charge in [-0.1, -0.05) is 30.3 Å². The third-order valence-corrected chi connectivity index (χ3v) is 2.59. The molecule has 0 saturated heterocycles. The molecule has 0 radical (unpaired) electrons. The van der Waals surface area contributed by atoms with Crippen LogP contribution in [0.2, 0.25) is 0 Å². The van der Waals surface area contributed by atoms with Gasteiger partial charge in [0.1, 0.15) is 5.52 Å². The van der Waals surface area contributed by atoms with Crippen molar-refractivity contribution in [2.75, 3.05) is 0 Å². The molecule has 0 fully saturated rings. The molecule has 0 unspecified atom stereocenters. The van der Waals surface area contributed by atoms with Crippen molar-refractivity contribution in [3.8, 4) is 11.4 Å². The van der Waals surface area contributed by atoms with Crippen molar-refractivity contribution < 1.29 is 0 Å². The summed E-state index contributed by atoms with van der Waals surface area (Å²) in [7, 11) is 1.58. The van der Waals surface area contributed by atoms with Gasteiger partial charge in [-0.2, -0.15) is 5.10 Å². The average Bonchev–Trinajstić information content (AvgIpc) is 2.44. The monoisotopic (exact) mass is 239 g/mol. The van der Waals surface area contributed by atoms with Crippen molar-refractivity contribution in [2.24, 2.45) is 7.05 Å². The SMILES string of the molecule is Cn1ncc2nnc(-c3ccccc3)nc2c1=O. The molecule has 3 rings (SSSR count). The highest BCUT2D eigenvalue weighted by Gasteiger charge is 2.08. The summed E-state index contributed by atoms with van der Waals surface area (Å²) in [6.07, 6.45) is 1.48. The Morgan fingerprint density at radius 3 is 2.67 bits per heavy atom. The highest BCUT2D eigenvalue weighted by Crippen LogP contribution is 2.13. The van der Waals surface area contributed by atoms with Gasteiger partial charge in [-0.15, -0.1) is 10.2 Å². The Kier molecular flexibility index (Phi) is 2.33. The minimum atomic E-state index is -0.278. The fourth-order valence-electron chi connectivity index (χ4n) is 1.63. The average molecular weight is 239 g/mol. The van der Waals surface area contributed by atoms with Crippen LogP contribution in [0.1, 0.15) is 0 Å². The van der Waals surface area contributed by atoms with Gasteiger partial charge in [0.25, 0.3) is 5.56 Å². The summed E-state index contributed by atoms with van der Waals surface area (Å²) in [5.41, 5.74) is 1.23. The van der Waals surface area contributed by atoms with Crippen molar-refractivity contribution in [1.82, 2.24) is 25.0 Å². The number of aryl methyl sites for hydroxylation is 1. The van der Waals surface area contributed by atoms with Crippen molar-refractivity contribution in [3.05, 3.63) is 46.9 Å². The van der Waals surface area contributed by atoms with E-state index in [2.05, 4.69) is 20.3 Å². The molecule has 0 amide bonds. The quantitative estimate of drug-likeness (QED) is 0.627. The zero-order chi connectivity index (χ0) is 12.5. The van der Waals surface area contributed by atoms with Crippen LogP contribution in [0, 0.1) is 0 Å². The van der Waals surface area contributed by atoms with Gasteiger partial charge in [0.2, 0.25) is 0 Å². The molecule has 0 aliphatic heterocycles. The van der Waals surface area contributed by atoms with Crippen molar-refractivity contribution >= 4 is 11.0 Å². The Bertz CT molecular complexity index is 766. The van der Waals surface area contributed by atoms with Crippen LogP contribution in [0.4, 0.5) is 0 Å². The van der Waals surface area contributed by atoms with Gasteiger partial charge in [-0.3, -0.25) is 4.79 Å². The number of fused-ring (bicyclic) bond motifs is 1. The summed E-state index contributed by atoms with van der Waals surface area (Å²) >= 11 is 0. The summed E-state index contributed by atoms with van der Waals surface area (Å²) in [6, 6.07) is 9.41. The molecule has 0 bridgehead atoms. The van der Waals surface area contributed by atoms with E-state index in [1.807, 2.05) is 30.3 Å². The molecule has 2 heterocycles. The highest BCUT2D eigenvalue weighted by molar-refractivity contribution is 5.73. The second-order valence-electron chi connectivity index (χ2n) is 3.81. The Morgan fingerprint density at radius 1 is 1.11 bits per heavy atom. The zero-order valence-corrected chi connectivity index (χ0v) is 9.61. The van der Waals surface area contributed by atoms with Gasteiger partial charge in [-0.05, 0) is 0 Å². The van der Waals surface area contributed by atoms with E-state index in [-0.39, 0.29) is 11.1 Å². The summed E-state index contributed by atoms with van der Waals surface area (Å²) < 4.78 is 1.23. The van der Waals surface area contributed by atoms with Crippen LogP contribution in [0.3, 0.4) is 0 Å². The third-order valence-electron chi connectivity index (χ3n) is 2.59. The first-order valence-corrected chi connectivity index (χ1v) is 5.38. The molecular formula is C12H9N5O. The number of nitrogens with zero attached hydrogens (tertiary/aromatic N) is 5. The molecule has 3 aromatic rings. The molecule has 0 aliphatic rings. The van der Waals surface area contributed by atoms with Gasteiger partial charge in [0, 0.05) is 12.6 Å². The van der Waals surface area contributed by atoms with E-state index in [9.17, 15) is 4.79 Å². The first-order valence-electron chi connectivity index (χ1n) is 5.38. The van der Waals surface area contributed by atoms with Gasteiger partial charge in [0.15, 0.2) is 11.3 Å². The summed E-state index contributed by atoms with van der Waals surface area (Å²) in [5, 5.41) is 11.8. The van der Waals surface area contributed by atoms with Crippen molar-refractivity contribution in [2.45, 2.75) is 0 Å². The predicted molar refractivity (Wildman–Crippen MR) is 65.8 cm³/mol. The normalized spacial score (nSPS) is 10.7. The van der Waals surface area contributed by atoms with Crippen LogP contribution in [-0.2, 0) is 7.05 Å². The number of hydrogen-bond acceptors (Lipinski definition) is 5. The molecule has 18 heavy (non-hydrogen) atoms. The maximum Gasteiger partial charge on any atom is 0.294 e. The molecule has 0 N–H and O–H groups in total. The van der Waals surface area contributed by atoms with Crippen LogP contribution in [0.25, 0.3) is 22.4 Å². The van der Waals surface area contributed by atoms with Crippen molar-refractivity contribution in [3.63, 3.8) is 0 Å². The number of aromatic nitrogens is 5. The molecule has 0 atom stereocenters. The zero-order valence-electron chi connectivity index (χ0n) is 9.61. The Hall–Kier alpha value is -2.63. The van der Waals surface area contributed by atoms with Crippen LogP contribution in [0.15, 0.2) is 41.3 Å². The predicted octanol–water partition coefficient (Wildman–Crippen LogP) is 0.785. The molecule has 0 aliphatic carbocycles. The lowest BCUT2D eigenvalue weighted by Gasteiger charge is -2.01. The number of hydrogen-bond donors (Lipinski definition) is 0. The smallest absolute Gasteiger partial charge is 0.265 e.